The Labute approximate surface area is 145 Å². The van der Waals surface area contributed by atoms with Crippen molar-refractivity contribution in [3.8, 4) is 5.82 Å². The van der Waals surface area contributed by atoms with Crippen LogP contribution in [-0.4, -0.2) is 51.1 Å². The lowest BCUT2D eigenvalue weighted by molar-refractivity contribution is 0.0539. The molecule has 0 radical (unpaired) electrons. The maximum Gasteiger partial charge on any atom is 0.136 e. The van der Waals surface area contributed by atoms with Crippen LogP contribution in [0.4, 0.5) is 0 Å². The monoisotopic (exact) mass is 324 g/mol. The van der Waals surface area contributed by atoms with Gasteiger partial charge in [0.25, 0.3) is 0 Å². The Bertz CT molecular complexity index is 706. The fourth-order valence-corrected chi connectivity index (χ4v) is 4.51. The van der Waals surface area contributed by atoms with Gasteiger partial charge in [-0.25, -0.2) is 4.98 Å². The van der Waals surface area contributed by atoms with Crippen LogP contribution in [0.3, 0.4) is 0 Å². The van der Waals surface area contributed by atoms with Crippen LogP contribution in [0.15, 0.2) is 30.5 Å². The zero-order valence-corrected chi connectivity index (χ0v) is 15.1. The minimum atomic E-state index is 0.636. The van der Waals surface area contributed by atoms with Crippen molar-refractivity contribution in [1.82, 2.24) is 19.4 Å². The van der Waals surface area contributed by atoms with Crippen LogP contribution < -0.4 is 0 Å². The molecule has 4 nitrogen and oxygen atoms in total. The van der Waals surface area contributed by atoms with E-state index >= 15 is 0 Å². The SMILES string of the molecule is Cc1cc(CN2C[C@H]3CCCN3C[C@@H]2C)c(C)n1-c1ccccn1. The Kier molecular flexibility index (Phi) is 4.19. The highest BCUT2D eigenvalue weighted by Crippen LogP contribution is 2.27. The Morgan fingerprint density at radius 1 is 1.21 bits per heavy atom. The fraction of sp³-hybridized carbons (Fsp3) is 0.550. The maximum absolute atomic E-state index is 4.53. The highest BCUT2D eigenvalue weighted by atomic mass is 15.3. The van der Waals surface area contributed by atoms with Crippen molar-refractivity contribution in [2.24, 2.45) is 0 Å². The summed E-state index contributed by atoms with van der Waals surface area (Å²) in [4.78, 5) is 9.90. The number of pyridine rings is 1. The van der Waals surface area contributed by atoms with E-state index in [9.17, 15) is 0 Å². The number of nitrogens with zero attached hydrogens (tertiary/aromatic N) is 4. The van der Waals surface area contributed by atoms with Gasteiger partial charge in [0, 0.05) is 49.3 Å². The molecule has 0 N–H and O–H groups in total. The van der Waals surface area contributed by atoms with E-state index in [-0.39, 0.29) is 0 Å². The molecule has 4 heterocycles. The van der Waals surface area contributed by atoms with Gasteiger partial charge in [-0.2, -0.15) is 0 Å². The number of aromatic nitrogens is 2. The summed E-state index contributed by atoms with van der Waals surface area (Å²) in [5.74, 6) is 1.02. The molecule has 2 saturated heterocycles. The van der Waals surface area contributed by atoms with Crippen molar-refractivity contribution in [2.75, 3.05) is 19.6 Å². The molecule has 0 unspecified atom stereocenters. The number of hydrogen-bond acceptors (Lipinski definition) is 3. The van der Waals surface area contributed by atoms with Gasteiger partial charge in [-0.3, -0.25) is 9.80 Å². The van der Waals surface area contributed by atoms with Crippen molar-refractivity contribution >= 4 is 0 Å². The number of hydrogen-bond donors (Lipinski definition) is 0. The van der Waals surface area contributed by atoms with Gasteiger partial charge in [-0.15, -0.1) is 0 Å². The normalized spacial score (nSPS) is 25.1. The van der Waals surface area contributed by atoms with Gasteiger partial charge in [-0.1, -0.05) is 6.07 Å². The van der Waals surface area contributed by atoms with Gasteiger partial charge in [0.15, 0.2) is 0 Å². The van der Waals surface area contributed by atoms with Crippen molar-refractivity contribution < 1.29 is 0 Å². The summed E-state index contributed by atoms with van der Waals surface area (Å²) < 4.78 is 2.28. The average molecular weight is 324 g/mol. The van der Waals surface area contributed by atoms with Crippen LogP contribution in [0.2, 0.25) is 0 Å². The van der Waals surface area contributed by atoms with Crippen LogP contribution in [0.25, 0.3) is 5.82 Å². The second-order valence-corrected chi connectivity index (χ2v) is 7.49. The van der Waals surface area contributed by atoms with Crippen LogP contribution in [0, 0.1) is 13.8 Å². The van der Waals surface area contributed by atoms with E-state index in [1.165, 1.54) is 49.4 Å². The molecule has 0 bridgehead atoms. The van der Waals surface area contributed by atoms with Crippen LogP contribution in [0.1, 0.15) is 36.7 Å². The van der Waals surface area contributed by atoms with Crippen molar-refractivity contribution in [1.29, 1.82) is 0 Å². The molecule has 128 valence electrons. The minimum Gasteiger partial charge on any atom is -0.303 e. The van der Waals surface area contributed by atoms with Gasteiger partial charge in [0.05, 0.1) is 0 Å². The van der Waals surface area contributed by atoms with E-state index < -0.39 is 0 Å². The summed E-state index contributed by atoms with van der Waals surface area (Å²) in [7, 11) is 0. The number of aryl methyl sites for hydroxylation is 1. The van der Waals surface area contributed by atoms with E-state index in [1.54, 1.807) is 0 Å². The number of piperazine rings is 1. The Morgan fingerprint density at radius 2 is 2.08 bits per heavy atom. The predicted molar refractivity (Wildman–Crippen MR) is 97.5 cm³/mol. The van der Waals surface area contributed by atoms with Crippen LogP contribution in [0.5, 0.6) is 0 Å². The molecule has 2 aliphatic heterocycles. The maximum atomic E-state index is 4.53. The molecule has 0 amide bonds. The largest absolute Gasteiger partial charge is 0.303 e. The summed E-state index contributed by atoms with van der Waals surface area (Å²) in [5, 5.41) is 0. The molecule has 2 aromatic rings. The van der Waals surface area contributed by atoms with Gasteiger partial charge in [-0.05, 0) is 63.9 Å². The van der Waals surface area contributed by atoms with E-state index in [0.717, 1.165) is 18.4 Å². The van der Waals surface area contributed by atoms with Crippen LogP contribution >= 0.6 is 0 Å². The first kappa shape index (κ1) is 15.9. The lowest BCUT2D eigenvalue weighted by atomic mass is 10.1. The molecule has 24 heavy (non-hydrogen) atoms. The van der Waals surface area contributed by atoms with Crippen molar-refractivity contribution in [2.45, 2.75) is 52.2 Å². The molecule has 4 rings (SSSR count). The first-order chi connectivity index (χ1) is 11.6. The average Bonchev–Trinajstić information content (AvgIpc) is 3.13. The number of rotatable bonds is 3. The van der Waals surface area contributed by atoms with Gasteiger partial charge in [0.2, 0.25) is 0 Å². The minimum absolute atomic E-state index is 0.636. The molecule has 0 saturated carbocycles. The lowest BCUT2D eigenvalue weighted by Crippen LogP contribution is -2.54. The van der Waals surface area contributed by atoms with Crippen molar-refractivity contribution in [3.63, 3.8) is 0 Å². The number of fused-ring (bicyclic) bond motifs is 1. The van der Waals surface area contributed by atoms with E-state index in [0.29, 0.717) is 6.04 Å². The summed E-state index contributed by atoms with van der Waals surface area (Å²) in [6, 6.07) is 9.88. The fourth-order valence-electron chi connectivity index (χ4n) is 4.51. The lowest BCUT2D eigenvalue weighted by Gasteiger charge is -2.42. The van der Waals surface area contributed by atoms with E-state index in [1.807, 2.05) is 12.3 Å². The van der Waals surface area contributed by atoms with E-state index in [4.69, 9.17) is 0 Å². The Balaban J connectivity index is 1.57. The van der Waals surface area contributed by atoms with Gasteiger partial charge < -0.3 is 4.57 Å². The summed E-state index contributed by atoms with van der Waals surface area (Å²) >= 11 is 0. The third-order valence-corrected chi connectivity index (χ3v) is 5.85. The first-order valence-corrected chi connectivity index (χ1v) is 9.21. The highest BCUT2D eigenvalue weighted by Gasteiger charge is 2.34. The van der Waals surface area contributed by atoms with Gasteiger partial charge >= 0.3 is 0 Å². The highest BCUT2D eigenvalue weighted by molar-refractivity contribution is 5.36. The zero-order valence-electron chi connectivity index (χ0n) is 15.1. The second-order valence-electron chi connectivity index (χ2n) is 7.49. The molecule has 0 aromatic carbocycles. The smallest absolute Gasteiger partial charge is 0.136 e. The molecule has 2 aromatic heterocycles. The Hall–Kier alpha value is -1.65. The molecule has 0 aliphatic carbocycles. The van der Waals surface area contributed by atoms with Gasteiger partial charge in [0.1, 0.15) is 5.82 Å². The second kappa shape index (κ2) is 6.34. The third-order valence-electron chi connectivity index (χ3n) is 5.85. The quantitative estimate of drug-likeness (QED) is 0.867. The summed E-state index contributed by atoms with van der Waals surface area (Å²) in [6.45, 7) is 11.6. The molecule has 0 spiro atoms. The zero-order chi connectivity index (χ0) is 16.7. The molecule has 4 heteroatoms. The molecule has 2 atom stereocenters. The molecular formula is C20H28N4. The Morgan fingerprint density at radius 3 is 2.88 bits per heavy atom. The van der Waals surface area contributed by atoms with Crippen molar-refractivity contribution in [3.05, 3.63) is 47.4 Å². The predicted octanol–water partition coefficient (Wildman–Crippen LogP) is 3.16. The summed E-state index contributed by atoms with van der Waals surface area (Å²) in [6.07, 6.45) is 4.62. The molecule has 2 fully saturated rings. The molecular weight excluding hydrogens is 296 g/mol. The third kappa shape index (κ3) is 2.78. The first-order valence-electron chi connectivity index (χ1n) is 9.21. The standard InChI is InChI=1S/C20H28N4/c1-15-11-18(17(3)24(15)20-8-4-5-9-21-20)13-23-14-19-7-6-10-22(19)12-16(23)2/h4-5,8-9,11,16,19H,6-7,10,12-14H2,1-3H3/t16-,19+/m0/s1. The summed E-state index contributed by atoms with van der Waals surface area (Å²) in [5.41, 5.74) is 4.04. The van der Waals surface area contributed by atoms with E-state index in [2.05, 4.69) is 58.3 Å². The van der Waals surface area contributed by atoms with Crippen LogP contribution in [-0.2, 0) is 6.54 Å². The molecule has 2 aliphatic rings. The topological polar surface area (TPSA) is 24.3 Å².